The van der Waals surface area contributed by atoms with Crippen LogP contribution in [0, 0.1) is 5.92 Å². The molecule has 1 aliphatic carbocycles. The van der Waals surface area contributed by atoms with E-state index < -0.39 is 0 Å². The lowest BCUT2D eigenvalue weighted by Crippen LogP contribution is -2.57. The van der Waals surface area contributed by atoms with Crippen molar-refractivity contribution in [1.82, 2.24) is 4.90 Å². The Bertz CT molecular complexity index is 138. The van der Waals surface area contributed by atoms with Crippen LogP contribution in [0.25, 0.3) is 0 Å². The summed E-state index contributed by atoms with van der Waals surface area (Å²) < 4.78 is 0. The van der Waals surface area contributed by atoms with Crippen LogP contribution in [0.3, 0.4) is 0 Å². The van der Waals surface area contributed by atoms with Gasteiger partial charge in [0.15, 0.2) is 0 Å². The van der Waals surface area contributed by atoms with Crippen LogP contribution in [0.2, 0.25) is 0 Å². The third kappa shape index (κ3) is 1.20. The Morgan fingerprint density at radius 2 is 1.91 bits per heavy atom. The van der Waals surface area contributed by atoms with Gasteiger partial charge in [0.05, 0.1) is 0 Å². The molecule has 1 saturated heterocycles. The van der Waals surface area contributed by atoms with Gasteiger partial charge in [-0.2, -0.15) is 0 Å². The quantitative estimate of drug-likeness (QED) is 0.588. The first kappa shape index (κ1) is 7.60. The lowest BCUT2D eigenvalue weighted by molar-refractivity contribution is -0.0173. The third-order valence-corrected chi connectivity index (χ3v) is 3.42. The molecule has 1 atom stereocenters. The van der Waals surface area contributed by atoms with Crippen molar-refractivity contribution in [3.63, 3.8) is 0 Å². The van der Waals surface area contributed by atoms with Gasteiger partial charge < -0.3 is 0 Å². The molecule has 2 rings (SSSR count). The topological polar surface area (TPSA) is 3.24 Å². The molecule has 2 aliphatic rings. The minimum atomic E-state index is 0.879. The van der Waals surface area contributed by atoms with Gasteiger partial charge in [-0.1, -0.05) is 20.3 Å². The summed E-state index contributed by atoms with van der Waals surface area (Å²) in [5.74, 6) is 0.879. The summed E-state index contributed by atoms with van der Waals surface area (Å²) in [6, 6.07) is 1.91. The molecule has 0 spiro atoms. The predicted molar refractivity (Wildman–Crippen MR) is 47.6 cm³/mol. The summed E-state index contributed by atoms with van der Waals surface area (Å²) in [4.78, 5) is 2.73. The van der Waals surface area contributed by atoms with Crippen molar-refractivity contribution in [3.8, 4) is 0 Å². The van der Waals surface area contributed by atoms with Gasteiger partial charge in [0, 0.05) is 18.6 Å². The largest absolute Gasteiger partial charge is 0.297 e. The Labute approximate surface area is 69.8 Å². The number of hydrogen-bond acceptors (Lipinski definition) is 1. The molecule has 64 valence electrons. The van der Waals surface area contributed by atoms with Crippen LogP contribution in [-0.2, 0) is 0 Å². The van der Waals surface area contributed by atoms with Gasteiger partial charge in [-0.15, -0.1) is 0 Å². The summed E-state index contributed by atoms with van der Waals surface area (Å²) in [5, 5.41) is 0. The number of hydrogen-bond donors (Lipinski definition) is 0. The van der Waals surface area contributed by atoms with E-state index in [1.165, 1.54) is 32.2 Å². The summed E-state index contributed by atoms with van der Waals surface area (Å²) in [7, 11) is 0. The van der Waals surface area contributed by atoms with Gasteiger partial charge in [-0.25, -0.2) is 0 Å². The Kier molecular flexibility index (Phi) is 1.92. The zero-order chi connectivity index (χ0) is 7.84. The summed E-state index contributed by atoms with van der Waals surface area (Å²) >= 11 is 0. The van der Waals surface area contributed by atoms with Gasteiger partial charge in [0.2, 0.25) is 0 Å². The van der Waals surface area contributed by atoms with E-state index in [2.05, 4.69) is 18.7 Å². The second-order valence-electron chi connectivity index (χ2n) is 4.42. The van der Waals surface area contributed by atoms with Gasteiger partial charge in [-0.3, -0.25) is 4.90 Å². The summed E-state index contributed by atoms with van der Waals surface area (Å²) in [6.45, 7) is 6.10. The number of rotatable bonds is 2. The minimum Gasteiger partial charge on any atom is -0.297 e. The highest BCUT2D eigenvalue weighted by Crippen LogP contribution is 2.34. The average Bonchev–Trinajstić information content (AvgIpc) is 1.73. The van der Waals surface area contributed by atoms with Crippen LogP contribution in [0.5, 0.6) is 0 Å². The smallest absolute Gasteiger partial charge is 0.0133 e. The number of likely N-dealkylation sites (tertiary alicyclic amines) is 1. The summed E-state index contributed by atoms with van der Waals surface area (Å²) in [6.07, 6.45) is 5.88. The lowest BCUT2D eigenvalue weighted by atomic mass is 9.83. The fourth-order valence-corrected chi connectivity index (χ4v) is 2.32. The highest BCUT2D eigenvalue weighted by Gasteiger charge is 2.37. The molecule has 0 aromatic carbocycles. The van der Waals surface area contributed by atoms with Crippen molar-refractivity contribution in [1.29, 1.82) is 0 Å². The molecule has 1 nitrogen and oxygen atoms in total. The molecule has 0 radical (unpaired) electrons. The van der Waals surface area contributed by atoms with E-state index in [-0.39, 0.29) is 0 Å². The van der Waals surface area contributed by atoms with Crippen LogP contribution in [0.4, 0.5) is 0 Å². The van der Waals surface area contributed by atoms with Crippen molar-refractivity contribution < 1.29 is 0 Å². The fourth-order valence-electron chi connectivity index (χ4n) is 2.32. The normalized spacial score (nSPS) is 33.5. The fraction of sp³-hybridized carbons (Fsp3) is 1.00. The maximum Gasteiger partial charge on any atom is 0.0133 e. The Morgan fingerprint density at radius 3 is 2.18 bits per heavy atom. The first-order valence-corrected chi connectivity index (χ1v) is 5.05. The van der Waals surface area contributed by atoms with Crippen LogP contribution in [0.1, 0.15) is 39.5 Å². The molecule has 0 amide bonds. The zero-order valence-corrected chi connectivity index (χ0v) is 7.71. The van der Waals surface area contributed by atoms with E-state index in [0.29, 0.717) is 0 Å². The molecule has 2 fully saturated rings. The van der Waals surface area contributed by atoms with Crippen molar-refractivity contribution >= 4 is 0 Å². The van der Waals surface area contributed by atoms with Gasteiger partial charge >= 0.3 is 0 Å². The predicted octanol–water partition coefficient (Wildman–Crippen LogP) is 2.27. The molecule has 0 aromatic rings. The zero-order valence-electron chi connectivity index (χ0n) is 7.71. The van der Waals surface area contributed by atoms with Crippen molar-refractivity contribution in [2.45, 2.75) is 51.6 Å². The minimum absolute atomic E-state index is 0.879. The molecular weight excluding hydrogens is 134 g/mol. The first-order chi connectivity index (χ1) is 5.29. The standard InChI is InChI=1S/C10H19N/c1-8(2)10-6-7-11(10)9-4-3-5-9/h8-10H,3-7H2,1-2H3/t10-/m1/s1. The average molecular weight is 153 g/mol. The molecule has 0 N–H and O–H groups in total. The van der Waals surface area contributed by atoms with E-state index in [0.717, 1.165) is 18.0 Å². The van der Waals surface area contributed by atoms with Gasteiger partial charge in [0.1, 0.15) is 0 Å². The van der Waals surface area contributed by atoms with E-state index in [9.17, 15) is 0 Å². The maximum atomic E-state index is 2.73. The van der Waals surface area contributed by atoms with Crippen molar-refractivity contribution in [3.05, 3.63) is 0 Å². The molecule has 1 saturated carbocycles. The third-order valence-electron chi connectivity index (χ3n) is 3.42. The van der Waals surface area contributed by atoms with Crippen LogP contribution < -0.4 is 0 Å². The molecule has 1 heteroatoms. The lowest BCUT2D eigenvalue weighted by Gasteiger charge is -2.51. The molecule has 11 heavy (non-hydrogen) atoms. The maximum absolute atomic E-state index is 2.73. The first-order valence-electron chi connectivity index (χ1n) is 5.05. The van der Waals surface area contributed by atoms with Crippen molar-refractivity contribution in [2.75, 3.05) is 6.54 Å². The molecule has 1 heterocycles. The molecule has 1 aliphatic heterocycles. The van der Waals surface area contributed by atoms with Crippen LogP contribution >= 0.6 is 0 Å². The number of nitrogens with zero attached hydrogens (tertiary/aromatic N) is 1. The monoisotopic (exact) mass is 153 g/mol. The van der Waals surface area contributed by atoms with E-state index in [1.54, 1.807) is 0 Å². The van der Waals surface area contributed by atoms with E-state index in [1.807, 2.05) is 0 Å². The highest BCUT2D eigenvalue weighted by molar-refractivity contribution is 4.92. The van der Waals surface area contributed by atoms with E-state index in [4.69, 9.17) is 0 Å². The van der Waals surface area contributed by atoms with Crippen LogP contribution in [0.15, 0.2) is 0 Å². The molecule has 0 bridgehead atoms. The molecular formula is C10H19N. The second-order valence-corrected chi connectivity index (χ2v) is 4.42. The van der Waals surface area contributed by atoms with E-state index >= 15 is 0 Å². The SMILES string of the molecule is CC(C)[C@H]1CCN1C1CCC1. The Balaban J connectivity index is 1.85. The second kappa shape index (κ2) is 2.78. The van der Waals surface area contributed by atoms with Gasteiger partial charge in [-0.05, 0) is 25.2 Å². The van der Waals surface area contributed by atoms with Crippen molar-refractivity contribution in [2.24, 2.45) is 5.92 Å². The molecule has 0 aromatic heterocycles. The Hall–Kier alpha value is -0.0400. The Morgan fingerprint density at radius 1 is 1.18 bits per heavy atom. The summed E-state index contributed by atoms with van der Waals surface area (Å²) in [5.41, 5.74) is 0. The highest BCUT2D eigenvalue weighted by atomic mass is 15.2. The van der Waals surface area contributed by atoms with Crippen LogP contribution in [-0.4, -0.2) is 23.5 Å². The molecule has 0 unspecified atom stereocenters. The van der Waals surface area contributed by atoms with Gasteiger partial charge in [0.25, 0.3) is 0 Å².